The van der Waals surface area contributed by atoms with Gasteiger partial charge in [-0.2, -0.15) is 0 Å². The summed E-state index contributed by atoms with van der Waals surface area (Å²) < 4.78 is 31.8. The van der Waals surface area contributed by atoms with Crippen molar-refractivity contribution in [2.45, 2.75) is 18.6 Å². The summed E-state index contributed by atoms with van der Waals surface area (Å²) in [5, 5.41) is 0. The molecule has 0 saturated heterocycles. The third-order valence-electron chi connectivity index (χ3n) is 3.36. The molecule has 0 aliphatic heterocycles. The maximum absolute atomic E-state index is 13.1. The highest BCUT2D eigenvalue weighted by molar-refractivity contribution is 5.37. The topological polar surface area (TPSA) is 35.2 Å². The smallest absolute Gasteiger partial charge is 0.129 e. The van der Waals surface area contributed by atoms with Gasteiger partial charge in [0.25, 0.3) is 0 Å². The van der Waals surface area contributed by atoms with Crippen LogP contribution in [0.4, 0.5) is 8.78 Å². The summed E-state index contributed by atoms with van der Waals surface area (Å²) in [5.41, 5.74) is 8.26. The Morgan fingerprint density at radius 2 is 1.74 bits per heavy atom. The van der Waals surface area contributed by atoms with Gasteiger partial charge < -0.3 is 10.5 Å². The minimum atomic E-state index is -0.654. The molecule has 0 aromatic heterocycles. The van der Waals surface area contributed by atoms with Crippen molar-refractivity contribution < 1.29 is 13.5 Å². The summed E-state index contributed by atoms with van der Waals surface area (Å²) in [4.78, 5) is 0. The molecule has 2 N–H and O–H groups in total. The number of fused-ring (bicyclic) bond motifs is 1. The maximum atomic E-state index is 13.1. The molecule has 0 amide bonds. The van der Waals surface area contributed by atoms with Gasteiger partial charge in [0.05, 0.1) is 6.04 Å². The van der Waals surface area contributed by atoms with Crippen LogP contribution in [0.1, 0.15) is 17.2 Å². The van der Waals surface area contributed by atoms with Crippen LogP contribution in [-0.2, 0) is 6.42 Å². The van der Waals surface area contributed by atoms with Crippen LogP contribution < -0.4 is 10.5 Å². The molecule has 19 heavy (non-hydrogen) atoms. The zero-order valence-corrected chi connectivity index (χ0v) is 10.1. The van der Waals surface area contributed by atoms with Crippen LogP contribution in [0.2, 0.25) is 0 Å². The van der Waals surface area contributed by atoms with E-state index in [0.29, 0.717) is 6.42 Å². The van der Waals surface area contributed by atoms with Crippen molar-refractivity contribution in [3.8, 4) is 5.75 Å². The third kappa shape index (κ3) is 2.31. The maximum Gasteiger partial charge on any atom is 0.129 e. The number of halogens is 2. The molecule has 2 atom stereocenters. The van der Waals surface area contributed by atoms with Gasteiger partial charge in [-0.15, -0.1) is 0 Å². The van der Waals surface area contributed by atoms with E-state index in [9.17, 15) is 8.78 Å². The number of nitrogens with two attached hydrogens (primary N) is 1. The average Bonchev–Trinajstić information content (AvgIpc) is 2.66. The van der Waals surface area contributed by atoms with Crippen molar-refractivity contribution in [3.63, 3.8) is 0 Å². The first-order valence-corrected chi connectivity index (χ1v) is 6.09. The van der Waals surface area contributed by atoms with Crippen LogP contribution in [0.25, 0.3) is 0 Å². The molecule has 2 aromatic carbocycles. The molecule has 1 aliphatic carbocycles. The molecule has 1 aliphatic rings. The normalized spacial score (nSPS) is 21.2. The fourth-order valence-electron chi connectivity index (χ4n) is 2.48. The third-order valence-corrected chi connectivity index (χ3v) is 3.36. The SMILES string of the molecule is NC1c2ccccc2CC1Oc1cc(F)cc(F)c1. The second-order valence-electron chi connectivity index (χ2n) is 4.69. The number of hydrogen-bond acceptors (Lipinski definition) is 2. The Kier molecular flexibility index (Phi) is 2.95. The lowest BCUT2D eigenvalue weighted by atomic mass is 10.1. The van der Waals surface area contributed by atoms with Gasteiger partial charge in [-0.05, 0) is 11.1 Å². The zero-order valence-electron chi connectivity index (χ0n) is 10.1. The highest BCUT2D eigenvalue weighted by atomic mass is 19.1. The van der Waals surface area contributed by atoms with Gasteiger partial charge >= 0.3 is 0 Å². The summed E-state index contributed by atoms with van der Waals surface area (Å²) in [6, 6.07) is 10.7. The summed E-state index contributed by atoms with van der Waals surface area (Å²) >= 11 is 0. The van der Waals surface area contributed by atoms with Crippen molar-refractivity contribution in [2.75, 3.05) is 0 Å². The van der Waals surface area contributed by atoms with E-state index in [2.05, 4.69) is 0 Å². The Hall–Kier alpha value is -1.94. The van der Waals surface area contributed by atoms with Gasteiger partial charge in [0.1, 0.15) is 23.5 Å². The summed E-state index contributed by atoms with van der Waals surface area (Å²) in [6.45, 7) is 0. The van der Waals surface area contributed by atoms with Gasteiger partial charge in [-0.1, -0.05) is 24.3 Å². The molecule has 0 spiro atoms. The predicted octanol–water partition coefficient (Wildman–Crippen LogP) is 2.97. The number of ether oxygens (including phenoxy) is 1. The molecule has 3 rings (SSSR count). The first-order valence-electron chi connectivity index (χ1n) is 6.09. The summed E-state index contributed by atoms with van der Waals surface area (Å²) in [6.07, 6.45) is 0.355. The average molecular weight is 261 g/mol. The minimum absolute atomic E-state index is 0.172. The minimum Gasteiger partial charge on any atom is -0.488 e. The fourth-order valence-corrected chi connectivity index (χ4v) is 2.48. The molecule has 4 heteroatoms. The lowest BCUT2D eigenvalue weighted by Crippen LogP contribution is -2.27. The van der Waals surface area contributed by atoms with Gasteiger partial charge in [0, 0.05) is 24.6 Å². The molecule has 98 valence electrons. The van der Waals surface area contributed by atoms with E-state index < -0.39 is 11.6 Å². The van der Waals surface area contributed by atoms with Crippen molar-refractivity contribution in [2.24, 2.45) is 5.73 Å². The summed E-state index contributed by atoms with van der Waals surface area (Å²) in [5.74, 6) is -1.14. The van der Waals surface area contributed by atoms with Crippen LogP contribution in [0.3, 0.4) is 0 Å². The van der Waals surface area contributed by atoms with Gasteiger partial charge in [0.2, 0.25) is 0 Å². The molecule has 2 nitrogen and oxygen atoms in total. The second kappa shape index (κ2) is 4.63. The van der Waals surface area contributed by atoms with Gasteiger partial charge in [-0.3, -0.25) is 0 Å². The van der Waals surface area contributed by atoms with E-state index in [4.69, 9.17) is 10.5 Å². The Labute approximate surface area is 109 Å². The first-order chi connectivity index (χ1) is 9.13. The molecule has 0 radical (unpaired) electrons. The number of hydrogen-bond donors (Lipinski definition) is 1. The molecule has 2 aromatic rings. The molecule has 0 heterocycles. The Balaban J connectivity index is 1.82. The molecule has 2 unspecified atom stereocenters. The van der Waals surface area contributed by atoms with E-state index in [-0.39, 0.29) is 17.9 Å². The van der Waals surface area contributed by atoms with Gasteiger partial charge in [0.15, 0.2) is 0 Å². The molecule has 0 saturated carbocycles. The Morgan fingerprint density at radius 3 is 2.42 bits per heavy atom. The van der Waals surface area contributed by atoms with E-state index >= 15 is 0 Å². The van der Waals surface area contributed by atoms with Crippen molar-refractivity contribution in [1.82, 2.24) is 0 Å². The Bertz CT molecular complexity index is 595. The monoisotopic (exact) mass is 261 g/mol. The fraction of sp³-hybridized carbons (Fsp3) is 0.200. The number of benzene rings is 2. The van der Waals surface area contributed by atoms with Crippen LogP contribution >= 0.6 is 0 Å². The predicted molar refractivity (Wildman–Crippen MR) is 67.8 cm³/mol. The summed E-state index contributed by atoms with van der Waals surface area (Å²) in [7, 11) is 0. The molecule has 0 fully saturated rings. The quantitative estimate of drug-likeness (QED) is 0.902. The van der Waals surface area contributed by atoms with Crippen molar-refractivity contribution in [1.29, 1.82) is 0 Å². The van der Waals surface area contributed by atoms with Crippen LogP contribution in [0.5, 0.6) is 5.75 Å². The van der Waals surface area contributed by atoms with Gasteiger partial charge in [-0.25, -0.2) is 8.78 Å². The Morgan fingerprint density at radius 1 is 1.05 bits per heavy atom. The van der Waals surface area contributed by atoms with E-state index in [0.717, 1.165) is 17.2 Å². The van der Waals surface area contributed by atoms with Crippen LogP contribution in [0.15, 0.2) is 42.5 Å². The standard InChI is InChI=1S/C15H13F2NO/c16-10-6-11(17)8-12(7-10)19-14-5-9-3-1-2-4-13(9)15(14)18/h1-4,6-8,14-15H,5,18H2. The molecular formula is C15H13F2NO. The van der Waals surface area contributed by atoms with Crippen LogP contribution in [0, 0.1) is 11.6 Å². The molecular weight excluding hydrogens is 248 g/mol. The number of rotatable bonds is 2. The largest absolute Gasteiger partial charge is 0.488 e. The first kappa shape index (κ1) is 12.1. The lowest BCUT2D eigenvalue weighted by Gasteiger charge is -2.18. The zero-order chi connectivity index (χ0) is 13.4. The highest BCUT2D eigenvalue weighted by Crippen LogP contribution is 2.32. The van der Waals surface area contributed by atoms with Crippen molar-refractivity contribution >= 4 is 0 Å². The van der Waals surface area contributed by atoms with E-state index in [1.54, 1.807) is 0 Å². The lowest BCUT2D eigenvalue weighted by molar-refractivity contribution is 0.183. The second-order valence-corrected chi connectivity index (χ2v) is 4.69. The van der Waals surface area contributed by atoms with E-state index in [1.165, 1.54) is 12.1 Å². The van der Waals surface area contributed by atoms with Crippen molar-refractivity contribution in [3.05, 3.63) is 65.2 Å². The van der Waals surface area contributed by atoms with Crippen LogP contribution in [-0.4, -0.2) is 6.10 Å². The van der Waals surface area contributed by atoms with E-state index in [1.807, 2.05) is 24.3 Å². The molecule has 0 bridgehead atoms. The highest BCUT2D eigenvalue weighted by Gasteiger charge is 2.31.